The second-order valence-corrected chi connectivity index (χ2v) is 5.79. The highest BCUT2D eigenvalue weighted by Crippen LogP contribution is 2.30. The molecule has 0 heterocycles. The van der Waals surface area contributed by atoms with E-state index in [1.165, 1.54) is 6.07 Å². The number of hydrogen-bond acceptors (Lipinski definition) is 2. The zero-order chi connectivity index (χ0) is 16.3. The number of carboxylic acid groups (broad SMARTS) is 1. The van der Waals surface area contributed by atoms with Crippen LogP contribution in [0.3, 0.4) is 0 Å². The molecule has 2 rings (SSSR count). The predicted molar refractivity (Wildman–Crippen MR) is 76.0 cm³/mol. The van der Waals surface area contributed by atoms with Gasteiger partial charge in [-0.1, -0.05) is 12.5 Å². The maximum atomic E-state index is 13.7. The lowest BCUT2D eigenvalue weighted by Crippen LogP contribution is -2.36. The van der Waals surface area contributed by atoms with Gasteiger partial charge >= 0.3 is 5.97 Å². The Bertz CT molecular complexity index is 577. The minimum atomic E-state index is -0.880. The van der Waals surface area contributed by atoms with Crippen LogP contribution in [0, 0.1) is 23.5 Å². The standard InChI is InChI=1S/C16H19F2NO3/c1-9(13-6-5-12(17)8-14(13)18)19-15(20)10-3-2-4-11(7-10)16(21)22/h5-6,8-11H,2-4,7H2,1H3,(H,19,20)(H,21,22). The van der Waals surface area contributed by atoms with Crippen molar-refractivity contribution < 1.29 is 23.5 Å². The first-order valence-corrected chi connectivity index (χ1v) is 7.36. The van der Waals surface area contributed by atoms with Crippen molar-refractivity contribution in [2.75, 3.05) is 0 Å². The molecule has 22 heavy (non-hydrogen) atoms. The average molecular weight is 311 g/mol. The highest BCUT2D eigenvalue weighted by Gasteiger charge is 2.31. The molecule has 0 aliphatic heterocycles. The van der Waals surface area contributed by atoms with E-state index in [1.807, 2.05) is 0 Å². The molecule has 3 atom stereocenters. The summed E-state index contributed by atoms with van der Waals surface area (Å²) < 4.78 is 26.6. The van der Waals surface area contributed by atoms with Gasteiger partial charge in [0.2, 0.25) is 5.91 Å². The Kier molecular flexibility index (Phi) is 5.11. The molecular weight excluding hydrogens is 292 g/mol. The Morgan fingerprint density at radius 3 is 2.59 bits per heavy atom. The molecule has 2 N–H and O–H groups in total. The van der Waals surface area contributed by atoms with E-state index in [2.05, 4.69) is 5.32 Å². The molecule has 3 unspecified atom stereocenters. The normalized spacial score (nSPS) is 22.9. The number of amides is 1. The van der Waals surface area contributed by atoms with Crippen LogP contribution in [0.2, 0.25) is 0 Å². The molecule has 1 fully saturated rings. The molecule has 0 aromatic heterocycles. The molecule has 1 aliphatic rings. The van der Waals surface area contributed by atoms with E-state index < -0.39 is 29.6 Å². The number of aliphatic carboxylic acids is 1. The van der Waals surface area contributed by atoms with Gasteiger partial charge < -0.3 is 10.4 Å². The molecule has 1 aromatic carbocycles. The van der Waals surface area contributed by atoms with Crippen molar-refractivity contribution in [1.82, 2.24) is 5.32 Å². The van der Waals surface area contributed by atoms with E-state index in [-0.39, 0.29) is 17.4 Å². The predicted octanol–water partition coefficient (Wildman–Crippen LogP) is 3.03. The molecule has 1 aliphatic carbocycles. The van der Waals surface area contributed by atoms with Crippen LogP contribution in [0.5, 0.6) is 0 Å². The summed E-state index contributed by atoms with van der Waals surface area (Å²) in [5, 5.41) is 11.7. The smallest absolute Gasteiger partial charge is 0.306 e. The van der Waals surface area contributed by atoms with Gasteiger partial charge in [-0.15, -0.1) is 0 Å². The summed E-state index contributed by atoms with van der Waals surface area (Å²) in [7, 11) is 0. The number of nitrogens with one attached hydrogen (secondary N) is 1. The van der Waals surface area contributed by atoms with Crippen molar-refractivity contribution in [3.63, 3.8) is 0 Å². The molecular formula is C16H19F2NO3. The van der Waals surface area contributed by atoms with Crippen LogP contribution >= 0.6 is 0 Å². The first-order valence-electron chi connectivity index (χ1n) is 7.36. The van der Waals surface area contributed by atoms with E-state index in [9.17, 15) is 18.4 Å². The topological polar surface area (TPSA) is 66.4 Å². The lowest BCUT2D eigenvalue weighted by Gasteiger charge is -2.27. The van der Waals surface area contributed by atoms with Crippen LogP contribution in [0.1, 0.15) is 44.2 Å². The summed E-state index contributed by atoms with van der Waals surface area (Å²) in [5.74, 6) is -3.41. The zero-order valence-electron chi connectivity index (χ0n) is 12.3. The quantitative estimate of drug-likeness (QED) is 0.898. The zero-order valence-corrected chi connectivity index (χ0v) is 12.3. The number of carbonyl (C=O) groups excluding carboxylic acids is 1. The molecule has 1 aromatic rings. The van der Waals surface area contributed by atoms with Crippen molar-refractivity contribution >= 4 is 11.9 Å². The fourth-order valence-electron chi connectivity index (χ4n) is 2.91. The molecule has 1 saturated carbocycles. The summed E-state index contributed by atoms with van der Waals surface area (Å²) >= 11 is 0. The first kappa shape index (κ1) is 16.4. The lowest BCUT2D eigenvalue weighted by atomic mass is 9.81. The fourth-order valence-corrected chi connectivity index (χ4v) is 2.91. The van der Waals surface area contributed by atoms with Gasteiger partial charge in [-0.05, 0) is 32.3 Å². The van der Waals surface area contributed by atoms with Crippen molar-refractivity contribution in [2.45, 2.75) is 38.6 Å². The van der Waals surface area contributed by atoms with Gasteiger partial charge in [-0.3, -0.25) is 9.59 Å². The van der Waals surface area contributed by atoms with E-state index in [0.29, 0.717) is 25.7 Å². The summed E-state index contributed by atoms with van der Waals surface area (Å²) in [4.78, 5) is 23.3. The second-order valence-electron chi connectivity index (χ2n) is 5.79. The Morgan fingerprint density at radius 1 is 1.27 bits per heavy atom. The Morgan fingerprint density at radius 2 is 1.95 bits per heavy atom. The second kappa shape index (κ2) is 6.85. The molecule has 120 valence electrons. The van der Waals surface area contributed by atoms with E-state index in [1.54, 1.807) is 6.92 Å². The highest BCUT2D eigenvalue weighted by molar-refractivity contribution is 5.80. The van der Waals surface area contributed by atoms with Crippen LogP contribution in [-0.4, -0.2) is 17.0 Å². The van der Waals surface area contributed by atoms with Gasteiger partial charge in [-0.2, -0.15) is 0 Å². The summed E-state index contributed by atoms with van der Waals surface area (Å²) in [6.45, 7) is 1.62. The van der Waals surface area contributed by atoms with Crippen molar-refractivity contribution in [3.8, 4) is 0 Å². The monoisotopic (exact) mass is 311 g/mol. The fraction of sp³-hybridized carbons (Fsp3) is 0.500. The maximum absolute atomic E-state index is 13.7. The Hall–Kier alpha value is -1.98. The summed E-state index contributed by atoms with van der Waals surface area (Å²) in [5.41, 5.74) is 0.209. The number of benzene rings is 1. The minimum absolute atomic E-state index is 0.209. The molecule has 0 spiro atoms. The number of carboxylic acids is 1. The molecule has 0 radical (unpaired) electrons. The Labute approximate surface area is 127 Å². The molecule has 0 bridgehead atoms. The molecule has 1 amide bonds. The van der Waals surface area contributed by atoms with E-state index >= 15 is 0 Å². The van der Waals surface area contributed by atoms with E-state index in [4.69, 9.17) is 5.11 Å². The Balaban J connectivity index is 2.00. The number of rotatable bonds is 4. The SMILES string of the molecule is CC(NC(=O)C1CCCC(C(=O)O)C1)c1ccc(F)cc1F. The molecule has 0 saturated heterocycles. The average Bonchev–Trinajstić information content (AvgIpc) is 2.47. The third kappa shape index (κ3) is 3.81. The molecule has 6 heteroatoms. The van der Waals surface area contributed by atoms with Crippen LogP contribution < -0.4 is 5.32 Å². The van der Waals surface area contributed by atoms with Crippen LogP contribution in [0.25, 0.3) is 0 Å². The highest BCUT2D eigenvalue weighted by atomic mass is 19.1. The van der Waals surface area contributed by atoms with Gasteiger partial charge in [0.15, 0.2) is 0 Å². The third-order valence-corrected chi connectivity index (χ3v) is 4.18. The van der Waals surface area contributed by atoms with Gasteiger partial charge in [0.1, 0.15) is 11.6 Å². The molecule has 4 nitrogen and oxygen atoms in total. The lowest BCUT2D eigenvalue weighted by molar-refractivity contribution is -0.144. The summed E-state index contributed by atoms with van der Waals surface area (Å²) in [6, 6.07) is 2.62. The van der Waals surface area contributed by atoms with Crippen LogP contribution in [-0.2, 0) is 9.59 Å². The first-order chi connectivity index (χ1) is 10.4. The minimum Gasteiger partial charge on any atom is -0.481 e. The third-order valence-electron chi connectivity index (χ3n) is 4.18. The van der Waals surface area contributed by atoms with Gasteiger partial charge in [0, 0.05) is 17.5 Å². The van der Waals surface area contributed by atoms with Crippen molar-refractivity contribution in [2.24, 2.45) is 11.8 Å². The van der Waals surface area contributed by atoms with Crippen LogP contribution in [0.4, 0.5) is 8.78 Å². The maximum Gasteiger partial charge on any atom is 0.306 e. The van der Waals surface area contributed by atoms with Crippen molar-refractivity contribution in [1.29, 1.82) is 0 Å². The van der Waals surface area contributed by atoms with E-state index in [0.717, 1.165) is 12.1 Å². The van der Waals surface area contributed by atoms with Gasteiger partial charge in [0.25, 0.3) is 0 Å². The van der Waals surface area contributed by atoms with Crippen molar-refractivity contribution in [3.05, 3.63) is 35.4 Å². The van der Waals surface area contributed by atoms with Gasteiger partial charge in [0.05, 0.1) is 12.0 Å². The van der Waals surface area contributed by atoms with Gasteiger partial charge in [-0.25, -0.2) is 8.78 Å². The number of carbonyl (C=O) groups is 2. The summed E-state index contributed by atoms with van der Waals surface area (Å²) in [6.07, 6.45) is 2.21. The number of halogens is 2. The van der Waals surface area contributed by atoms with Crippen LogP contribution in [0.15, 0.2) is 18.2 Å². The largest absolute Gasteiger partial charge is 0.481 e. The number of hydrogen-bond donors (Lipinski definition) is 2.